The van der Waals surface area contributed by atoms with Gasteiger partial charge in [-0.25, -0.2) is 8.78 Å². The molecule has 0 radical (unpaired) electrons. The molecule has 2 aromatic rings. The molecule has 1 aromatic carbocycles. The Balaban J connectivity index is 1.90. The molecular formula is C16H18F2N2O. The van der Waals surface area contributed by atoms with Crippen LogP contribution in [0.5, 0.6) is 5.75 Å². The summed E-state index contributed by atoms with van der Waals surface area (Å²) in [5.41, 5.74) is 1.09. The number of rotatable bonds is 7. The van der Waals surface area contributed by atoms with E-state index < -0.39 is 11.6 Å². The zero-order chi connectivity index (χ0) is 15.1. The summed E-state index contributed by atoms with van der Waals surface area (Å²) in [6, 6.07) is 6.92. The third-order valence-electron chi connectivity index (χ3n) is 2.93. The normalized spacial score (nSPS) is 10.6. The van der Waals surface area contributed by atoms with E-state index in [1.54, 1.807) is 12.3 Å². The molecule has 1 aromatic heterocycles. The van der Waals surface area contributed by atoms with Gasteiger partial charge >= 0.3 is 0 Å². The van der Waals surface area contributed by atoms with E-state index in [9.17, 15) is 8.78 Å². The summed E-state index contributed by atoms with van der Waals surface area (Å²) >= 11 is 0. The summed E-state index contributed by atoms with van der Waals surface area (Å²) in [5.74, 6) is -0.437. The number of pyridine rings is 1. The maximum absolute atomic E-state index is 13.4. The second kappa shape index (κ2) is 7.69. The summed E-state index contributed by atoms with van der Waals surface area (Å²) in [4.78, 5) is 4.25. The van der Waals surface area contributed by atoms with Crippen LogP contribution in [0.2, 0.25) is 0 Å². The molecule has 3 nitrogen and oxygen atoms in total. The number of halogens is 2. The number of aromatic nitrogens is 1. The van der Waals surface area contributed by atoms with Crippen LogP contribution in [-0.2, 0) is 13.2 Å². The van der Waals surface area contributed by atoms with E-state index in [0.29, 0.717) is 12.3 Å². The van der Waals surface area contributed by atoms with Crippen molar-refractivity contribution in [3.63, 3.8) is 0 Å². The number of benzene rings is 1. The fraction of sp³-hybridized carbons (Fsp3) is 0.312. The Kier molecular flexibility index (Phi) is 5.63. The standard InChI is InChI=1S/C16H18F2N2O/c1-2-7-19-9-14-4-5-15(10-20-14)21-11-12-8-13(17)3-6-16(12)18/h3-6,8,10,19H,2,7,9,11H2,1H3. The van der Waals surface area contributed by atoms with Crippen LogP contribution in [0.4, 0.5) is 8.78 Å². The molecule has 2 rings (SSSR count). The van der Waals surface area contributed by atoms with Crippen LogP contribution in [0, 0.1) is 11.6 Å². The van der Waals surface area contributed by atoms with E-state index in [1.165, 1.54) is 0 Å². The molecule has 0 bridgehead atoms. The molecule has 112 valence electrons. The maximum Gasteiger partial charge on any atom is 0.138 e. The summed E-state index contributed by atoms with van der Waals surface area (Å²) < 4.78 is 31.9. The van der Waals surface area contributed by atoms with Crippen LogP contribution < -0.4 is 10.1 Å². The van der Waals surface area contributed by atoms with Gasteiger partial charge in [-0.05, 0) is 43.3 Å². The van der Waals surface area contributed by atoms with Crippen LogP contribution in [0.25, 0.3) is 0 Å². The van der Waals surface area contributed by atoms with Gasteiger partial charge in [-0.3, -0.25) is 4.98 Å². The first kappa shape index (κ1) is 15.4. The smallest absolute Gasteiger partial charge is 0.138 e. The lowest BCUT2D eigenvalue weighted by atomic mass is 10.2. The number of nitrogens with zero attached hydrogens (tertiary/aromatic N) is 1. The van der Waals surface area contributed by atoms with Gasteiger partial charge in [-0.15, -0.1) is 0 Å². The second-order valence-corrected chi connectivity index (χ2v) is 4.69. The van der Waals surface area contributed by atoms with Crippen molar-refractivity contribution in [1.82, 2.24) is 10.3 Å². The van der Waals surface area contributed by atoms with E-state index >= 15 is 0 Å². The average Bonchev–Trinajstić information content (AvgIpc) is 2.50. The monoisotopic (exact) mass is 292 g/mol. The van der Waals surface area contributed by atoms with Gasteiger partial charge in [0.15, 0.2) is 0 Å². The Morgan fingerprint density at radius 2 is 2.05 bits per heavy atom. The molecule has 0 aliphatic carbocycles. The minimum Gasteiger partial charge on any atom is -0.487 e. The number of hydrogen-bond donors (Lipinski definition) is 1. The summed E-state index contributed by atoms with van der Waals surface area (Å²) in [7, 11) is 0. The first-order chi connectivity index (χ1) is 10.2. The minimum absolute atomic E-state index is 0.0291. The molecular weight excluding hydrogens is 274 g/mol. The Morgan fingerprint density at radius 3 is 2.76 bits per heavy atom. The molecule has 1 heterocycles. The summed E-state index contributed by atoms with van der Waals surface area (Å²) in [6.45, 7) is 3.72. The maximum atomic E-state index is 13.4. The minimum atomic E-state index is -0.482. The quantitative estimate of drug-likeness (QED) is 0.794. The van der Waals surface area contributed by atoms with Crippen LogP contribution in [0.15, 0.2) is 36.5 Å². The van der Waals surface area contributed by atoms with E-state index in [2.05, 4.69) is 17.2 Å². The largest absolute Gasteiger partial charge is 0.487 e. The lowest BCUT2D eigenvalue weighted by molar-refractivity contribution is 0.297. The van der Waals surface area contributed by atoms with Crippen molar-refractivity contribution >= 4 is 0 Å². The first-order valence-electron chi connectivity index (χ1n) is 6.91. The van der Waals surface area contributed by atoms with Crippen molar-refractivity contribution in [3.8, 4) is 5.75 Å². The summed E-state index contributed by atoms with van der Waals surface area (Å²) in [6.07, 6.45) is 2.65. The van der Waals surface area contributed by atoms with Crippen molar-refractivity contribution < 1.29 is 13.5 Å². The van der Waals surface area contributed by atoms with Crippen molar-refractivity contribution in [1.29, 1.82) is 0 Å². The molecule has 0 aliphatic heterocycles. The zero-order valence-corrected chi connectivity index (χ0v) is 11.9. The fourth-order valence-electron chi connectivity index (χ4n) is 1.81. The number of hydrogen-bond acceptors (Lipinski definition) is 3. The van der Waals surface area contributed by atoms with Gasteiger partial charge in [0.05, 0.1) is 11.9 Å². The topological polar surface area (TPSA) is 34.1 Å². The van der Waals surface area contributed by atoms with Crippen molar-refractivity contribution in [2.24, 2.45) is 0 Å². The van der Waals surface area contributed by atoms with Crippen LogP contribution >= 0.6 is 0 Å². The first-order valence-corrected chi connectivity index (χ1v) is 6.91. The molecule has 21 heavy (non-hydrogen) atoms. The Morgan fingerprint density at radius 1 is 1.19 bits per heavy atom. The van der Waals surface area contributed by atoms with Crippen molar-refractivity contribution in [2.75, 3.05) is 6.54 Å². The third kappa shape index (κ3) is 4.79. The molecule has 5 heteroatoms. The van der Waals surface area contributed by atoms with Gasteiger partial charge in [0.25, 0.3) is 0 Å². The third-order valence-corrected chi connectivity index (χ3v) is 2.93. The highest BCUT2D eigenvalue weighted by atomic mass is 19.1. The van der Waals surface area contributed by atoms with E-state index in [-0.39, 0.29) is 12.2 Å². The van der Waals surface area contributed by atoms with Crippen molar-refractivity contribution in [3.05, 3.63) is 59.4 Å². The molecule has 0 amide bonds. The predicted octanol–water partition coefficient (Wildman–Crippen LogP) is 3.44. The van der Waals surface area contributed by atoms with Gasteiger partial charge < -0.3 is 10.1 Å². The van der Waals surface area contributed by atoms with Gasteiger partial charge in [0.1, 0.15) is 24.0 Å². The molecule has 0 saturated heterocycles. The Labute approximate surface area is 123 Å². The lowest BCUT2D eigenvalue weighted by Crippen LogP contribution is -2.14. The van der Waals surface area contributed by atoms with Crippen LogP contribution in [0.1, 0.15) is 24.6 Å². The molecule has 0 aliphatic rings. The summed E-state index contributed by atoms with van der Waals surface area (Å²) in [5, 5.41) is 3.25. The molecule has 0 atom stereocenters. The van der Waals surface area contributed by atoms with E-state index in [4.69, 9.17) is 4.74 Å². The van der Waals surface area contributed by atoms with Gasteiger partial charge in [-0.2, -0.15) is 0 Å². The highest BCUT2D eigenvalue weighted by Gasteiger charge is 2.05. The van der Waals surface area contributed by atoms with Gasteiger partial charge in [-0.1, -0.05) is 6.92 Å². The average molecular weight is 292 g/mol. The van der Waals surface area contributed by atoms with Crippen LogP contribution in [0.3, 0.4) is 0 Å². The highest BCUT2D eigenvalue weighted by Crippen LogP contribution is 2.15. The molecule has 0 saturated carbocycles. The van der Waals surface area contributed by atoms with Crippen molar-refractivity contribution in [2.45, 2.75) is 26.5 Å². The zero-order valence-electron chi connectivity index (χ0n) is 11.9. The predicted molar refractivity (Wildman–Crippen MR) is 76.9 cm³/mol. The van der Waals surface area contributed by atoms with Gasteiger partial charge in [0.2, 0.25) is 0 Å². The lowest BCUT2D eigenvalue weighted by Gasteiger charge is -2.08. The van der Waals surface area contributed by atoms with Gasteiger partial charge in [0, 0.05) is 12.1 Å². The van der Waals surface area contributed by atoms with E-state index in [0.717, 1.165) is 36.9 Å². The SMILES string of the molecule is CCCNCc1ccc(OCc2cc(F)ccc2F)cn1. The van der Waals surface area contributed by atoms with E-state index in [1.807, 2.05) is 6.07 Å². The molecule has 0 fully saturated rings. The Bertz CT molecular complexity index is 573. The molecule has 1 N–H and O–H groups in total. The number of nitrogens with one attached hydrogen (secondary N) is 1. The second-order valence-electron chi connectivity index (χ2n) is 4.69. The van der Waals surface area contributed by atoms with Crippen LogP contribution in [-0.4, -0.2) is 11.5 Å². The number of ether oxygens (including phenoxy) is 1. The molecule has 0 spiro atoms. The fourth-order valence-corrected chi connectivity index (χ4v) is 1.81. The highest BCUT2D eigenvalue weighted by molar-refractivity contribution is 5.22. The molecule has 0 unspecified atom stereocenters. The Hall–Kier alpha value is -2.01.